The summed E-state index contributed by atoms with van der Waals surface area (Å²) in [5, 5.41) is 5.16. The molecule has 4 rings (SSSR count). The molecule has 0 aliphatic rings. The Kier molecular flexibility index (Phi) is 7.50. The minimum Gasteiger partial charge on any atom is -0.493 e. The van der Waals surface area contributed by atoms with Gasteiger partial charge in [0.25, 0.3) is 5.56 Å². The van der Waals surface area contributed by atoms with E-state index in [2.05, 4.69) is 85.3 Å². The molecule has 0 spiro atoms. The average molecular weight is 550 g/mol. The zero-order valence-corrected chi connectivity index (χ0v) is 23.4. The number of nitrogens with zero attached hydrogens (tertiary/aromatic N) is 4. The Hall–Kier alpha value is -3.19. The number of aromatic nitrogens is 3. The summed E-state index contributed by atoms with van der Waals surface area (Å²) >= 11 is 3.46. The van der Waals surface area contributed by atoms with Crippen LogP contribution in [0.4, 0.5) is 0 Å². The van der Waals surface area contributed by atoms with E-state index in [1.54, 1.807) is 12.3 Å². The van der Waals surface area contributed by atoms with Gasteiger partial charge in [-0.05, 0) is 74.2 Å². The fourth-order valence-corrected chi connectivity index (χ4v) is 4.49. The highest BCUT2D eigenvalue weighted by atomic mass is 79.9. The van der Waals surface area contributed by atoms with Crippen molar-refractivity contribution in [2.24, 2.45) is 10.5 Å². The molecule has 0 fully saturated rings. The van der Waals surface area contributed by atoms with Crippen LogP contribution in [0, 0.1) is 19.3 Å². The van der Waals surface area contributed by atoms with Crippen LogP contribution in [-0.4, -0.2) is 27.0 Å². The van der Waals surface area contributed by atoms with Crippen molar-refractivity contribution in [3.05, 3.63) is 86.1 Å². The summed E-state index contributed by atoms with van der Waals surface area (Å²) in [5.41, 5.74) is 4.75. The van der Waals surface area contributed by atoms with Gasteiger partial charge in [0.05, 0.1) is 23.7 Å². The van der Waals surface area contributed by atoms with Crippen molar-refractivity contribution in [2.75, 3.05) is 6.61 Å². The lowest BCUT2D eigenvalue weighted by Gasteiger charge is -2.19. The van der Waals surface area contributed by atoms with Gasteiger partial charge in [0.15, 0.2) is 0 Å². The third-order valence-electron chi connectivity index (χ3n) is 5.90. The van der Waals surface area contributed by atoms with E-state index in [4.69, 9.17) is 9.72 Å². The number of benzene rings is 2. The van der Waals surface area contributed by atoms with Crippen molar-refractivity contribution in [1.29, 1.82) is 0 Å². The molecule has 0 aliphatic heterocycles. The van der Waals surface area contributed by atoms with Crippen LogP contribution < -0.4 is 10.3 Å². The zero-order valence-electron chi connectivity index (χ0n) is 21.8. The molecule has 0 atom stereocenters. The SMILES string of the molecule is CCCc1nc2ccc(Br)cc2c(=O)n1N=Cc1cc(C)n(-c2ccc(OCC(C)(C)C)cc2)c1C. The summed E-state index contributed by atoms with van der Waals surface area (Å²) in [6.07, 6.45) is 3.29. The predicted octanol–water partition coefficient (Wildman–Crippen LogP) is 6.83. The second-order valence-electron chi connectivity index (χ2n) is 10.3. The van der Waals surface area contributed by atoms with E-state index in [1.807, 2.05) is 24.3 Å². The Morgan fingerprint density at radius 2 is 1.81 bits per heavy atom. The fourth-order valence-electron chi connectivity index (χ4n) is 4.13. The van der Waals surface area contributed by atoms with Gasteiger partial charge in [-0.25, -0.2) is 4.98 Å². The van der Waals surface area contributed by atoms with Gasteiger partial charge in [-0.2, -0.15) is 9.78 Å². The second kappa shape index (κ2) is 10.4. The number of ether oxygens (including phenoxy) is 1. The average Bonchev–Trinajstić information content (AvgIpc) is 3.11. The largest absolute Gasteiger partial charge is 0.493 e. The maximum Gasteiger partial charge on any atom is 0.282 e. The third kappa shape index (κ3) is 5.62. The van der Waals surface area contributed by atoms with E-state index >= 15 is 0 Å². The van der Waals surface area contributed by atoms with Crippen molar-refractivity contribution in [2.45, 2.75) is 54.4 Å². The van der Waals surface area contributed by atoms with Crippen molar-refractivity contribution >= 4 is 33.0 Å². The molecule has 0 saturated carbocycles. The lowest BCUT2D eigenvalue weighted by molar-refractivity contribution is 0.198. The highest BCUT2D eigenvalue weighted by Crippen LogP contribution is 2.24. The van der Waals surface area contributed by atoms with Gasteiger partial charge in [-0.15, -0.1) is 0 Å². The standard InChI is InChI=1S/C29H33BrN4O2/c1-7-8-27-32-26-14-9-22(30)16-25(26)28(35)34(27)31-17-21-15-19(2)33(20(21)3)23-10-12-24(13-11-23)36-18-29(4,5)6/h9-17H,7-8,18H2,1-6H3. The van der Waals surface area contributed by atoms with E-state index in [1.165, 1.54) is 4.68 Å². The molecule has 0 unspecified atom stereocenters. The molecule has 0 radical (unpaired) electrons. The summed E-state index contributed by atoms with van der Waals surface area (Å²) in [4.78, 5) is 18.0. The minimum atomic E-state index is -0.166. The molecule has 0 aliphatic carbocycles. The first-order chi connectivity index (χ1) is 17.1. The molecule has 2 aromatic carbocycles. The first-order valence-corrected chi connectivity index (χ1v) is 13.0. The molecule has 0 N–H and O–H groups in total. The van der Waals surface area contributed by atoms with Gasteiger partial charge < -0.3 is 9.30 Å². The lowest BCUT2D eigenvalue weighted by Crippen LogP contribution is -2.22. The number of fused-ring (bicyclic) bond motifs is 1. The van der Waals surface area contributed by atoms with Gasteiger partial charge in [-0.3, -0.25) is 4.79 Å². The first-order valence-electron chi connectivity index (χ1n) is 12.2. The Labute approximate surface area is 220 Å². The molecule has 2 heterocycles. The number of halogens is 1. The molecule has 36 heavy (non-hydrogen) atoms. The fraction of sp³-hybridized carbons (Fsp3) is 0.345. The molecule has 0 amide bonds. The Balaban J connectivity index is 1.67. The van der Waals surface area contributed by atoms with Crippen LogP contribution in [0.3, 0.4) is 0 Å². The van der Waals surface area contributed by atoms with Gasteiger partial charge in [0.1, 0.15) is 11.6 Å². The first kappa shape index (κ1) is 25.9. The molecule has 188 valence electrons. The van der Waals surface area contributed by atoms with Crippen LogP contribution in [0.15, 0.2) is 62.9 Å². The van der Waals surface area contributed by atoms with Crippen LogP contribution in [0.2, 0.25) is 0 Å². The summed E-state index contributed by atoms with van der Waals surface area (Å²) in [6, 6.07) is 15.8. The number of rotatable bonds is 7. The summed E-state index contributed by atoms with van der Waals surface area (Å²) < 4.78 is 10.4. The van der Waals surface area contributed by atoms with Crippen molar-refractivity contribution < 1.29 is 4.74 Å². The van der Waals surface area contributed by atoms with Gasteiger partial charge >= 0.3 is 0 Å². The minimum absolute atomic E-state index is 0.108. The lowest BCUT2D eigenvalue weighted by atomic mass is 9.99. The molecule has 0 bridgehead atoms. The maximum atomic E-state index is 13.3. The molecule has 6 nitrogen and oxygen atoms in total. The van der Waals surface area contributed by atoms with Crippen LogP contribution in [0.5, 0.6) is 5.75 Å². The number of aryl methyl sites for hydroxylation is 2. The zero-order chi connectivity index (χ0) is 26.0. The quantitative estimate of drug-likeness (QED) is 0.238. The molecule has 4 aromatic rings. The van der Waals surface area contributed by atoms with Crippen LogP contribution in [0.25, 0.3) is 16.6 Å². The normalized spacial score (nSPS) is 12.1. The Morgan fingerprint density at radius 3 is 2.47 bits per heavy atom. The van der Waals surface area contributed by atoms with E-state index in [0.29, 0.717) is 29.8 Å². The Bertz CT molecular complexity index is 1470. The van der Waals surface area contributed by atoms with Gasteiger partial charge in [-0.1, -0.05) is 43.6 Å². The monoisotopic (exact) mass is 548 g/mol. The number of hydrogen-bond donors (Lipinski definition) is 0. The van der Waals surface area contributed by atoms with Crippen LogP contribution in [-0.2, 0) is 6.42 Å². The topological polar surface area (TPSA) is 61.4 Å². The van der Waals surface area contributed by atoms with Gasteiger partial charge in [0.2, 0.25) is 0 Å². The third-order valence-corrected chi connectivity index (χ3v) is 6.39. The molecule has 0 saturated heterocycles. The van der Waals surface area contributed by atoms with E-state index in [-0.39, 0.29) is 11.0 Å². The smallest absolute Gasteiger partial charge is 0.282 e. The summed E-state index contributed by atoms with van der Waals surface area (Å²) in [6.45, 7) is 13.3. The second-order valence-corrected chi connectivity index (χ2v) is 11.2. The Morgan fingerprint density at radius 1 is 1.08 bits per heavy atom. The van der Waals surface area contributed by atoms with E-state index < -0.39 is 0 Å². The molecular formula is C29H33BrN4O2. The van der Waals surface area contributed by atoms with E-state index in [0.717, 1.165) is 39.3 Å². The van der Waals surface area contributed by atoms with Crippen molar-refractivity contribution in [3.8, 4) is 11.4 Å². The summed E-state index contributed by atoms with van der Waals surface area (Å²) in [7, 11) is 0. The summed E-state index contributed by atoms with van der Waals surface area (Å²) in [5.74, 6) is 1.52. The van der Waals surface area contributed by atoms with E-state index in [9.17, 15) is 4.79 Å². The van der Waals surface area contributed by atoms with Gasteiger partial charge in [0, 0.05) is 33.5 Å². The van der Waals surface area contributed by atoms with Crippen LogP contribution >= 0.6 is 15.9 Å². The molecule has 7 heteroatoms. The van der Waals surface area contributed by atoms with Crippen molar-refractivity contribution in [1.82, 2.24) is 14.2 Å². The molecular weight excluding hydrogens is 516 g/mol. The van der Waals surface area contributed by atoms with Crippen LogP contribution in [0.1, 0.15) is 56.9 Å². The number of hydrogen-bond acceptors (Lipinski definition) is 4. The van der Waals surface area contributed by atoms with Crippen molar-refractivity contribution in [3.63, 3.8) is 0 Å². The highest BCUT2D eigenvalue weighted by Gasteiger charge is 2.14. The maximum absolute atomic E-state index is 13.3. The highest BCUT2D eigenvalue weighted by molar-refractivity contribution is 9.10. The molecule has 2 aromatic heterocycles. The predicted molar refractivity (Wildman–Crippen MR) is 151 cm³/mol.